The van der Waals surface area contributed by atoms with Crippen LogP contribution in [0.3, 0.4) is 0 Å². The first-order valence-corrected chi connectivity index (χ1v) is 8.37. The highest BCUT2D eigenvalue weighted by molar-refractivity contribution is 7.11. The summed E-state index contributed by atoms with van der Waals surface area (Å²) in [6.45, 7) is 0. The molecule has 20 heavy (non-hydrogen) atoms. The summed E-state index contributed by atoms with van der Waals surface area (Å²) in [6.07, 6.45) is 6.23. The van der Waals surface area contributed by atoms with Gasteiger partial charge in [-0.05, 0) is 49.7 Å². The van der Waals surface area contributed by atoms with Gasteiger partial charge in [0.05, 0.1) is 21.7 Å². The van der Waals surface area contributed by atoms with Gasteiger partial charge < -0.3 is 5.11 Å². The molecule has 0 saturated carbocycles. The van der Waals surface area contributed by atoms with Crippen LogP contribution in [0.15, 0.2) is 24.3 Å². The largest absolute Gasteiger partial charge is 0.388 e. The number of aliphatic hydroxyl groups excluding tert-OH is 1. The predicted molar refractivity (Wildman–Crippen MR) is 81.2 cm³/mol. The summed E-state index contributed by atoms with van der Waals surface area (Å²) in [6, 6.07) is 8.78. The maximum absolute atomic E-state index is 10.1. The number of hydrogen-bond donors (Lipinski definition) is 1. The molecule has 0 radical (unpaired) electrons. The van der Waals surface area contributed by atoms with E-state index in [-0.39, 0.29) is 6.10 Å². The van der Waals surface area contributed by atoms with Crippen molar-refractivity contribution in [1.29, 1.82) is 0 Å². The Morgan fingerprint density at radius 2 is 1.95 bits per heavy atom. The van der Waals surface area contributed by atoms with Crippen LogP contribution in [0, 0.1) is 0 Å². The van der Waals surface area contributed by atoms with Crippen LogP contribution >= 0.6 is 11.3 Å². The summed E-state index contributed by atoms with van der Waals surface area (Å²) in [5.41, 5.74) is 4.16. The van der Waals surface area contributed by atoms with Crippen molar-refractivity contribution in [2.45, 2.75) is 50.5 Å². The van der Waals surface area contributed by atoms with E-state index in [0.717, 1.165) is 37.0 Å². The lowest BCUT2D eigenvalue weighted by molar-refractivity contribution is 0.160. The van der Waals surface area contributed by atoms with Crippen LogP contribution in [0.1, 0.15) is 58.0 Å². The first-order valence-electron chi connectivity index (χ1n) is 7.55. The molecule has 0 amide bonds. The standard InChI is InChI=1S/C17H19NOS/c19-15-7-3-6-14-16(15)20-17(18-14)13-9-8-11-4-1-2-5-12(11)10-13/h1-2,4-5,13,15,19H,3,6-10H2. The Morgan fingerprint density at radius 3 is 2.80 bits per heavy atom. The SMILES string of the molecule is OC1CCCc2nc(C3CCc4ccccc4C3)sc21. The van der Waals surface area contributed by atoms with Crippen LogP contribution in [0.5, 0.6) is 0 Å². The van der Waals surface area contributed by atoms with Gasteiger partial charge in [-0.25, -0.2) is 4.98 Å². The highest BCUT2D eigenvalue weighted by Crippen LogP contribution is 2.40. The Labute approximate surface area is 123 Å². The number of hydrogen-bond acceptors (Lipinski definition) is 3. The molecule has 0 bridgehead atoms. The Bertz CT molecular complexity index is 634. The molecule has 104 valence electrons. The Kier molecular flexibility index (Phi) is 3.12. The van der Waals surface area contributed by atoms with E-state index in [4.69, 9.17) is 4.98 Å². The maximum Gasteiger partial charge on any atom is 0.0966 e. The van der Waals surface area contributed by atoms with Gasteiger partial charge in [0, 0.05) is 5.92 Å². The van der Waals surface area contributed by atoms with E-state index in [2.05, 4.69) is 24.3 Å². The summed E-state index contributed by atoms with van der Waals surface area (Å²) >= 11 is 1.76. The predicted octanol–water partition coefficient (Wildman–Crippen LogP) is 3.79. The van der Waals surface area contributed by atoms with Crippen LogP contribution in [0.2, 0.25) is 0 Å². The highest BCUT2D eigenvalue weighted by Gasteiger charge is 2.27. The number of thiazole rings is 1. The molecule has 0 aliphatic heterocycles. The molecule has 1 N–H and O–H groups in total. The van der Waals surface area contributed by atoms with E-state index in [9.17, 15) is 5.11 Å². The van der Waals surface area contributed by atoms with Gasteiger partial charge in [-0.2, -0.15) is 0 Å². The first kappa shape index (κ1) is 12.5. The van der Waals surface area contributed by atoms with Gasteiger partial charge in [-0.3, -0.25) is 0 Å². The minimum atomic E-state index is -0.263. The van der Waals surface area contributed by atoms with Crippen molar-refractivity contribution in [3.8, 4) is 0 Å². The minimum absolute atomic E-state index is 0.263. The van der Waals surface area contributed by atoms with Gasteiger partial charge >= 0.3 is 0 Å². The normalized spacial score (nSPS) is 25.1. The summed E-state index contributed by atoms with van der Waals surface area (Å²) in [5, 5.41) is 11.4. The van der Waals surface area contributed by atoms with Crippen LogP contribution < -0.4 is 0 Å². The third-order valence-corrected chi connectivity index (χ3v) is 6.00. The first-order chi connectivity index (χ1) is 9.81. The average Bonchev–Trinajstić information content (AvgIpc) is 2.92. The lowest BCUT2D eigenvalue weighted by atomic mass is 9.84. The number of aliphatic hydroxyl groups is 1. The fourth-order valence-electron chi connectivity index (χ4n) is 3.50. The van der Waals surface area contributed by atoms with E-state index in [0.29, 0.717) is 5.92 Å². The zero-order chi connectivity index (χ0) is 13.5. The molecule has 2 atom stereocenters. The van der Waals surface area contributed by atoms with Gasteiger partial charge in [0.25, 0.3) is 0 Å². The van der Waals surface area contributed by atoms with Crippen molar-refractivity contribution in [2.24, 2.45) is 0 Å². The molecule has 4 rings (SSSR count). The number of fused-ring (bicyclic) bond motifs is 2. The van der Waals surface area contributed by atoms with E-state index < -0.39 is 0 Å². The third-order valence-electron chi connectivity index (χ3n) is 4.63. The monoisotopic (exact) mass is 285 g/mol. The topological polar surface area (TPSA) is 33.1 Å². The molecule has 0 spiro atoms. The molecular weight excluding hydrogens is 266 g/mol. The zero-order valence-corrected chi connectivity index (χ0v) is 12.3. The Balaban J connectivity index is 1.63. The van der Waals surface area contributed by atoms with Crippen LogP contribution in [0.4, 0.5) is 0 Å². The molecule has 0 saturated heterocycles. The number of aryl methyl sites for hydroxylation is 2. The van der Waals surface area contributed by atoms with Gasteiger partial charge in [0.15, 0.2) is 0 Å². The fraction of sp³-hybridized carbons (Fsp3) is 0.471. The summed E-state index contributed by atoms with van der Waals surface area (Å²) < 4.78 is 0. The fourth-order valence-corrected chi connectivity index (χ4v) is 4.77. The molecule has 2 aliphatic rings. The average molecular weight is 285 g/mol. The highest BCUT2D eigenvalue weighted by atomic mass is 32.1. The lowest BCUT2D eigenvalue weighted by Gasteiger charge is -2.22. The van der Waals surface area contributed by atoms with Crippen LogP contribution in [-0.4, -0.2) is 10.1 Å². The van der Waals surface area contributed by atoms with Crippen LogP contribution in [0.25, 0.3) is 0 Å². The molecule has 1 heterocycles. The van der Waals surface area contributed by atoms with Gasteiger partial charge in [-0.15, -0.1) is 11.3 Å². The molecule has 2 nitrogen and oxygen atoms in total. The second kappa shape index (κ2) is 4.97. The van der Waals surface area contributed by atoms with Gasteiger partial charge in [0.2, 0.25) is 0 Å². The second-order valence-corrected chi connectivity index (χ2v) is 7.04. The van der Waals surface area contributed by atoms with E-state index in [1.165, 1.54) is 28.2 Å². The Hall–Kier alpha value is -1.19. The van der Waals surface area contributed by atoms with E-state index >= 15 is 0 Å². The molecule has 1 aromatic carbocycles. The smallest absolute Gasteiger partial charge is 0.0966 e. The van der Waals surface area contributed by atoms with Crippen molar-refractivity contribution in [1.82, 2.24) is 4.98 Å². The minimum Gasteiger partial charge on any atom is -0.388 e. The quantitative estimate of drug-likeness (QED) is 0.865. The summed E-state index contributed by atoms with van der Waals surface area (Å²) in [7, 11) is 0. The number of benzene rings is 1. The molecule has 0 fully saturated rings. The summed E-state index contributed by atoms with van der Waals surface area (Å²) in [4.78, 5) is 6.00. The van der Waals surface area contributed by atoms with Crippen molar-refractivity contribution in [3.63, 3.8) is 0 Å². The van der Waals surface area contributed by atoms with Crippen LogP contribution in [-0.2, 0) is 19.3 Å². The number of aromatic nitrogens is 1. The lowest BCUT2D eigenvalue weighted by Crippen LogP contribution is -2.12. The third kappa shape index (κ3) is 2.09. The maximum atomic E-state index is 10.1. The second-order valence-electron chi connectivity index (χ2n) is 5.98. The molecule has 1 aromatic heterocycles. The van der Waals surface area contributed by atoms with Crippen molar-refractivity contribution < 1.29 is 5.11 Å². The number of rotatable bonds is 1. The molecule has 2 aliphatic carbocycles. The summed E-state index contributed by atoms with van der Waals surface area (Å²) in [5.74, 6) is 0.549. The van der Waals surface area contributed by atoms with Gasteiger partial charge in [-0.1, -0.05) is 24.3 Å². The Morgan fingerprint density at radius 1 is 1.10 bits per heavy atom. The van der Waals surface area contributed by atoms with Crippen molar-refractivity contribution in [3.05, 3.63) is 51.0 Å². The van der Waals surface area contributed by atoms with E-state index in [1.807, 2.05) is 0 Å². The van der Waals surface area contributed by atoms with Crippen molar-refractivity contribution in [2.75, 3.05) is 0 Å². The molecule has 2 unspecified atom stereocenters. The zero-order valence-electron chi connectivity index (χ0n) is 11.5. The van der Waals surface area contributed by atoms with E-state index in [1.54, 1.807) is 11.3 Å². The molecule has 3 heteroatoms. The molecular formula is C17H19NOS. The molecule has 2 aromatic rings. The van der Waals surface area contributed by atoms with Crippen molar-refractivity contribution >= 4 is 11.3 Å². The van der Waals surface area contributed by atoms with Gasteiger partial charge in [0.1, 0.15) is 0 Å². The number of nitrogens with zero attached hydrogens (tertiary/aromatic N) is 1.